The van der Waals surface area contributed by atoms with Gasteiger partial charge < -0.3 is 14.8 Å². The number of nitrogens with one attached hydrogen (secondary N) is 1. The molecule has 0 amide bonds. The molecular weight excluding hydrogens is 257 g/mol. The fourth-order valence-corrected chi connectivity index (χ4v) is 2.33. The van der Waals surface area contributed by atoms with Crippen LogP contribution in [0.4, 0.5) is 4.39 Å². The maximum absolute atomic E-state index is 14.1. The third kappa shape index (κ3) is 2.60. The van der Waals surface area contributed by atoms with E-state index in [0.29, 0.717) is 17.1 Å². The van der Waals surface area contributed by atoms with Crippen LogP contribution < -0.4 is 14.8 Å². The van der Waals surface area contributed by atoms with E-state index in [1.165, 1.54) is 6.07 Å². The van der Waals surface area contributed by atoms with Crippen LogP contribution >= 0.6 is 0 Å². The van der Waals surface area contributed by atoms with Crippen molar-refractivity contribution in [1.29, 1.82) is 0 Å². The van der Waals surface area contributed by atoms with Crippen LogP contribution in [0.3, 0.4) is 0 Å². The number of ether oxygens (including phenoxy) is 2. The van der Waals surface area contributed by atoms with E-state index in [0.717, 1.165) is 5.56 Å². The van der Waals surface area contributed by atoms with Gasteiger partial charge in [-0.05, 0) is 25.2 Å². The van der Waals surface area contributed by atoms with Crippen molar-refractivity contribution in [3.05, 3.63) is 59.4 Å². The van der Waals surface area contributed by atoms with E-state index in [1.807, 2.05) is 24.3 Å². The fraction of sp³-hybridized carbons (Fsp3) is 0.250. The second-order valence-electron chi connectivity index (χ2n) is 4.32. The summed E-state index contributed by atoms with van der Waals surface area (Å²) < 4.78 is 24.8. The highest BCUT2D eigenvalue weighted by Gasteiger charge is 2.23. The zero-order chi connectivity index (χ0) is 14.5. The van der Waals surface area contributed by atoms with Crippen molar-refractivity contribution in [2.75, 3.05) is 21.3 Å². The molecule has 0 saturated carbocycles. The lowest BCUT2D eigenvalue weighted by Gasteiger charge is -2.22. The summed E-state index contributed by atoms with van der Waals surface area (Å²) in [6.45, 7) is 0. The topological polar surface area (TPSA) is 30.5 Å². The van der Waals surface area contributed by atoms with Crippen molar-refractivity contribution in [2.45, 2.75) is 6.04 Å². The Bertz CT molecular complexity index is 564. The van der Waals surface area contributed by atoms with Crippen LogP contribution in [-0.2, 0) is 0 Å². The Labute approximate surface area is 118 Å². The number of benzene rings is 2. The lowest BCUT2D eigenvalue weighted by atomic mass is 9.96. The molecule has 0 spiro atoms. The molecule has 0 saturated heterocycles. The van der Waals surface area contributed by atoms with Crippen LogP contribution in [0, 0.1) is 5.82 Å². The second kappa shape index (κ2) is 6.39. The highest BCUT2D eigenvalue weighted by molar-refractivity contribution is 5.50. The molecule has 0 fully saturated rings. The Balaban J connectivity index is 2.60. The smallest absolute Gasteiger partial charge is 0.128 e. The van der Waals surface area contributed by atoms with Crippen molar-refractivity contribution in [3.8, 4) is 11.5 Å². The highest BCUT2D eigenvalue weighted by Crippen LogP contribution is 2.37. The number of hydrogen-bond acceptors (Lipinski definition) is 3. The van der Waals surface area contributed by atoms with E-state index in [-0.39, 0.29) is 11.9 Å². The normalized spacial score (nSPS) is 12.0. The van der Waals surface area contributed by atoms with Crippen LogP contribution in [0.15, 0.2) is 42.5 Å². The Hall–Kier alpha value is -2.07. The molecule has 4 heteroatoms. The first-order valence-corrected chi connectivity index (χ1v) is 6.35. The Morgan fingerprint density at radius 2 is 1.55 bits per heavy atom. The van der Waals surface area contributed by atoms with Crippen molar-refractivity contribution >= 4 is 0 Å². The third-order valence-electron chi connectivity index (χ3n) is 3.26. The molecule has 106 valence electrons. The summed E-state index contributed by atoms with van der Waals surface area (Å²) in [4.78, 5) is 0. The van der Waals surface area contributed by atoms with Crippen LogP contribution in [0.1, 0.15) is 17.2 Å². The molecule has 1 N–H and O–H groups in total. The number of methoxy groups -OCH3 is 2. The van der Waals surface area contributed by atoms with Gasteiger partial charge in [0.2, 0.25) is 0 Å². The average molecular weight is 275 g/mol. The lowest BCUT2D eigenvalue weighted by Crippen LogP contribution is -2.20. The number of hydrogen-bond donors (Lipinski definition) is 1. The highest BCUT2D eigenvalue weighted by atomic mass is 19.1. The lowest BCUT2D eigenvalue weighted by molar-refractivity contribution is 0.377. The Kier molecular flexibility index (Phi) is 4.58. The Morgan fingerprint density at radius 1 is 0.950 bits per heavy atom. The third-order valence-corrected chi connectivity index (χ3v) is 3.26. The number of halogens is 1. The van der Waals surface area contributed by atoms with Crippen molar-refractivity contribution in [2.24, 2.45) is 0 Å². The van der Waals surface area contributed by atoms with Crippen LogP contribution in [0.2, 0.25) is 0 Å². The summed E-state index contributed by atoms with van der Waals surface area (Å²) in [5.74, 6) is 1.05. The van der Waals surface area contributed by atoms with Gasteiger partial charge in [0.25, 0.3) is 0 Å². The molecule has 2 aromatic carbocycles. The molecule has 0 aromatic heterocycles. The standard InChI is InChI=1S/C16H18FNO2/c1-18-16(11-7-4-5-8-12(11)17)15-13(19-2)9-6-10-14(15)20-3/h4-10,16,18H,1-3H3. The van der Waals surface area contributed by atoms with Gasteiger partial charge in [0.15, 0.2) is 0 Å². The molecule has 1 atom stereocenters. The van der Waals surface area contributed by atoms with Gasteiger partial charge in [0, 0.05) is 5.56 Å². The van der Waals surface area contributed by atoms with E-state index in [9.17, 15) is 4.39 Å². The molecule has 1 unspecified atom stereocenters. The first kappa shape index (κ1) is 14.3. The molecule has 0 radical (unpaired) electrons. The summed E-state index contributed by atoms with van der Waals surface area (Å²) >= 11 is 0. The summed E-state index contributed by atoms with van der Waals surface area (Å²) in [5, 5.41) is 3.12. The van der Waals surface area contributed by atoms with Crippen LogP contribution in [-0.4, -0.2) is 21.3 Å². The van der Waals surface area contributed by atoms with Gasteiger partial charge in [-0.15, -0.1) is 0 Å². The monoisotopic (exact) mass is 275 g/mol. The van der Waals surface area contributed by atoms with Crippen molar-refractivity contribution in [1.82, 2.24) is 5.32 Å². The zero-order valence-corrected chi connectivity index (χ0v) is 11.8. The van der Waals surface area contributed by atoms with E-state index < -0.39 is 0 Å². The van der Waals surface area contributed by atoms with Gasteiger partial charge in [-0.3, -0.25) is 0 Å². The Morgan fingerprint density at radius 3 is 2.05 bits per heavy atom. The SMILES string of the molecule is CNC(c1ccccc1F)c1c(OC)cccc1OC. The zero-order valence-electron chi connectivity index (χ0n) is 11.8. The summed E-state index contributed by atoms with van der Waals surface area (Å²) in [7, 11) is 4.96. The molecule has 2 rings (SSSR count). The molecule has 0 bridgehead atoms. The minimum Gasteiger partial charge on any atom is -0.496 e. The largest absolute Gasteiger partial charge is 0.496 e. The predicted octanol–water partition coefficient (Wildman–Crippen LogP) is 3.15. The second-order valence-corrected chi connectivity index (χ2v) is 4.32. The molecule has 0 heterocycles. The van der Waals surface area contributed by atoms with E-state index in [2.05, 4.69) is 5.32 Å². The van der Waals surface area contributed by atoms with Gasteiger partial charge in [-0.2, -0.15) is 0 Å². The minimum absolute atomic E-state index is 0.264. The maximum Gasteiger partial charge on any atom is 0.128 e. The van der Waals surface area contributed by atoms with E-state index in [1.54, 1.807) is 33.4 Å². The van der Waals surface area contributed by atoms with Crippen LogP contribution in [0.5, 0.6) is 11.5 Å². The van der Waals surface area contributed by atoms with Gasteiger partial charge in [-0.25, -0.2) is 4.39 Å². The van der Waals surface area contributed by atoms with Gasteiger partial charge in [0.05, 0.1) is 25.8 Å². The van der Waals surface area contributed by atoms with Gasteiger partial charge in [0.1, 0.15) is 17.3 Å². The maximum atomic E-state index is 14.1. The molecule has 0 aliphatic carbocycles. The fourth-order valence-electron chi connectivity index (χ4n) is 2.33. The summed E-state index contributed by atoms with van der Waals surface area (Å²) in [5.41, 5.74) is 1.34. The molecule has 0 aliphatic heterocycles. The number of rotatable bonds is 5. The summed E-state index contributed by atoms with van der Waals surface area (Å²) in [6, 6.07) is 11.9. The predicted molar refractivity (Wildman–Crippen MR) is 76.8 cm³/mol. The average Bonchev–Trinajstić information content (AvgIpc) is 2.49. The molecule has 2 aromatic rings. The van der Waals surface area contributed by atoms with Crippen LogP contribution in [0.25, 0.3) is 0 Å². The molecule has 3 nitrogen and oxygen atoms in total. The van der Waals surface area contributed by atoms with Crippen molar-refractivity contribution < 1.29 is 13.9 Å². The molecular formula is C16H18FNO2. The van der Waals surface area contributed by atoms with Gasteiger partial charge in [-0.1, -0.05) is 24.3 Å². The molecule has 20 heavy (non-hydrogen) atoms. The van der Waals surface area contributed by atoms with Gasteiger partial charge >= 0.3 is 0 Å². The van der Waals surface area contributed by atoms with E-state index in [4.69, 9.17) is 9.47 Å². The first-order chi connectivity index (χ1) is 9.72. The minimum atomic E-state index is -0.345. The summed E-state index contributed by atoms with van der Waals surface area (Å²) in [6.07, 6.45) is 0. The first-order valence-electron chi connectivity index (χ1n) is 6.35. The van der Waals surface area contributed by atoms with Crippen molar-refractivity contribution in [3.63, 3.8) is 0 Å². The molecule has 0 aliphatic rings. The van der Waals surface area contributed by atoms with E-state index >= 15 is 0 Å². The quantitative estimate of drug-likeness (QED) is 0.909.